The van der Waals surface area contributed by atoms with Crippen molar-refractivity contribution in [3.8, 4) is 0 Å². The minimum absolute atomic E-state index is 0.00210. The predicted molar refractivity (Wildman–Crippen MR) is 197 cm³/mol. The maximum atomic E-state index is 13.3. The Morgan fingerprint density at radius 1 is 0.852 bits per heavy atom. The van der Waals surface area contributed by atoms with Crippen molar-refractivity contribution >= 4 is 29.5 Å². The van der Waals surface area contributed by atoms with Crippen molar-refractivity contribution in [2.45, 2.75) is 175 Å². The van der Waals surface area contributed by atoms with Crippen LogP contribution < -0.4 is 0 Å². The van der Waals surface area contributed by atoms with Crippen LogP contribution in [0.4, 0.5) is 0 Å². The third-order valence-corrected chi connectivity index (χ3v) is 12.1. The molecule has 3 aliphatic heterocycles. The molecule has 3 rings (SSSR count). The number of carbonyl (C=O) groups is 5. The molecule has 0 unspecified atom stereocenters. The molecule has 308 valence electrons. The van der Waals surface area contributed by atoms with Gasteiger partial charge in [-0.15, -0.1) is 0 Å². The van der Waals surface area contributed by atoms with E-state index in [2.05, 4.69) is 25.5 Å². The van der Waals surface area contributed by atoms with Crippen LogP contribution in [0.25, 0.3) is 0 Å². The quantitative estimate of drug-likeness (QED) is 0.0867. The molecule has 0 aliphatic carbocycles. The molecule has 2 fully saturated rings. The van der Waals surface area contributed by atoms with Gasteiger partial charge in [-0.2, -0.15) is 0 Å². The summed E-state index contributed by atoms with van der Waals surface area (Å²) < 4.78 is 29.1. The van der Waals surface area contributed by atoms with E-state index in [1.165, 1.54) is 14.0 Å². The second-order valence-corrected chi connectivity index (χ2v) is 16.8. The first-order valence-corrected chi connectivity index (χ1v) is 19.8. The highest BCUT2D eigenvalue weighted by atomic mass is 16.8. The third-order valence-electron chi connectivity index (χ3n) is 12.1. The summed E-state index contributed by atoms with van der Waals surface area (Å²) in [6.07, 6.45) is -1.03. The molecular weight excluding hydrogens is 730 g/mol. The van der Waals surface area contributed by atoms with Crippen molar-refractivity contribution in [3.05, 3.63) is 11.1 Å². The van der Waals surface area contributed by atoms with Gasteiger partial charge in [-0.3, -0.25) is 14.4 Å². The monoisotopic (exact) mass is 797 g/mol. The van der Waals surface area contributed by atoms with Crippen molar-refractivity contribution < 1.29 is 63.0 Å². The van der Waals surface area contributed by atoms with Gasteiger partial charge in [0.25, 0.3) is 0 Å². The number of cyclic esters (lactones) is 2. The molecule has 3 aliphatic rings. The van der Waals surface area contributed by atoms with Crippen LogP contribution >= 0.6 is 0 Å². The number of esters is 3. The fourth-order valence-electron chi connectivity index (χ4n) is 8.02. The number of aliphatic hydroxyl groups is 3. The zero-order valence-electron chi connectivity index (χ0n) is 34.0. The van der Waals surface area contributed by atoms with Gasteiger partial charge in [-0.1, -0.05) is 48.5 Å². The van der Waals surface area contributed by atoms with Gasteiger partial charge in [0.2, 0.25) is 0 Å². The van der Waals surface area contributed by atoms with Gasteiger partial charge in [-0.05, 0) is 76.0 Å². The lowest BCUT2D eigenvalue weighted by atomic mass is 10.2. The Morgan fingerprint density at radius 2 is 1.48 bits per heavy atom. The fourth-order valence-corrected chi connectivity index (χ4v) is 8.02. The molecule has 0 saturated carbocycles. The van der Waals surface area contributed by atoms with E-state index in [4.69, 9.17) is 18.9 Å². The normalized spacial score (nSPS) is 29.3. The van der Waals surface area contributed by atoms with Crippen molar-refractivity contribution in [1.29, 1.82) is 0 Å². The minimum atomic E-state index is -1.63. The zero-order chi connectivity index (χ0) is 40.7. The second-order valence-electron chi connectivity index (χ2n) is 16.8. The lowest BCUT2D eigenvalue weighted by molar-refractivity contribution is -0.338. The number of Topliss-reactive ketones (excluding diaryl/α,β-unsaturated/α-hetero) is 2. The fraction of sp³-hybridized carbons (Fsp3) is 0.829. The van der Waals surface area contributed by atoms with Crippen molar-refractivity contribution in [1.82, 2.24) is 0 Å². The number of ether oxygens (including phenoxy) is 5. The third kappa shape index (κ3) is 11.7. The Bertz CT molecular complexity index is 1350. The van der Waals surface area contributed by atoms with E-state index in [9.17, 15) is 39.3 Å². The molecule has 13 nitrogen and oxygen atoms in total. The maximum absolute atomic E-state index is 13.3. The molecule has 2 saturated heterocycles. The molecule has 0 radical (unpaired) electrons. The Labute approximate surface area is 320 Å². The lowest BCUT2D eigenvalue weighted by Crippen LogP contribution is -2.53. The van der Waals surface area contributed by atoms with Gasteiger partial charge in [0, 0.05) is 43.8 Å². The van der Waals surface area contributed by atoms with Crippen molar-refractivity contribution in [2.75, 3.05) is 7.11 Å². The lowest BCUT2D eigenvalue weighted by Gasteiger charge is -2.51. The summed E-state index contributed by atoms with van der Waals surface area (Å²) >= 11 is 0. The van der Waals surface area contributed by atoms with Crippen molar-refractivity contribution in [2.24, 2.45) is 35.5 Å². The number of aliphatic hydroxyl groups excluding tert-OH is 3. The predicted octanol–water partition coefficient (Wildman–Crippen LogP) is 4.79. The molecule has 0 aromatic carbocycles. The Hall–Kier alpha value is -2.55. The van der Waals surface area contributed by atoms with Gasteiger partial charge < -0.3 is 39.0 Å². The number of hydrogen-bond donors (Lipinski definition) is 3. The molecule has 0 aromatic heterocycles. The van der Waals surface area contributed by atoms with E-state index in [1.54, 1.807) is 27.7 Å². The van der Waals surface area contributed by atoms with Gasteiger partial charge in [0.1, 0.15) is 23.8 Å². The summed E-state index contributed by atoms with van der Waals surface area (Å²) in [6.45, 7) is 16.5. The number of methoxy groups -OCH3 is 1. The van der Waals surface area contributed by atoms with Crippen molar-refractivity contribution in [3.63, 3.8) is 0 Å². The number of hydrogen-bond acceptors (Lipinski definition) is 13. The Balaban J connectivity index is 1.54. The average Bonchev–Trinajstić information content (AvgIpc) is 3.37. The van der Waals surface area contributed by atoms with Crippen LogP contribution in [0.5, 0.6) is 0 Å². The first-order chi connectivity index (χ1) is 25.2. The zero-order valence-corrected chi connectivity index (χ0v) is 34.0. The topological polar surface area (TPSA) is 192 Å². The number of ketones is 2. The first kappa shape index (κ1) is 45.8. The molecule has 3 heterocycles. The van der Waals surface area contributed by atoms with Gasteiger partial charge in [-0.25, -0.2) is 9.59 Å². The van der Waals surface area contributed by atoms with Gasteiger partial charge in [0.15, 0.2) is 5.79 Å². The van der Waals surface area contributed by atoms with E-state index in [0.717, 1.165) is 38.5 Å². The molecule has 54 heavy (non-hydrogen) atoms. The second kappa shape index (κ2) is 20.0. The van der Waals surface area contributed by atoms with E-state index in [0.29, 0.717) is 18.8 Å². The number of rotatable bonds is 20. The molecule has 13 atom stereocenters. The summed E-state index contributed by atoms with van der Waals surface area (Å²) in [7, 11) is 1.32. The summed E-state index contributed by atoms with van der Waals surface area (Å²) in [6, 6.07) is 0. The minimum Gasteiger partial charge on any atom is -0.459 e. The highest BCUT2D eigenvalue weighted by Gasteiger charge is 2.48. The summed E-state index contributed by atoms with van der Waals surface area (Å²) in [5, 5.41) is 32.7. The Morgan fingerprint density at radius 3 is 2.04 bits per heavy atom. The summed E-state index contributed by atoms with van der Waals surface area (Å²) in [5.41, 5.74) is -0.403. The van der Waals surface area contributed by atoms with E-state index in [1.807, 2.05) is 6.92 Å². The molecule has 0 bridgehead atoms. The molecule has 1 spiro atoms. The summed E-state index contributed by atoms with van der Waals surface area (Å²) in [4.78, 5) is 61.6. The molecule has 3 N–H and O–H groups in total. The molecule has 0 aromatic rings. The number of carbonyl (C=O) groups excluding carboxylic acids is 5. The molecule has 0 amide bonds. The van der Waals surface area contributed by atoms with Crippen LogP contribution in [0.1, 0.15) is 127 Å². The maximum Gasteiger partial charge on any atom is 0.345 e. The Kier molecular flexibility index (Phi) is 17.0. The smallest absolute Gasteiger partial charge is 0.345 e. The van der Waals surface area contributed by atoms with Crippen LogP contribution in [0, 0.1) is 35.5 Å². The van der Waals surface area contributed by atoms with Crippen LogP contribution in [0.2, 0.25) is 0 Å². The summed E-state index contributed by atoms with van der Waals surface area (Å²) in [5.74, 6) is -4.07. The molecular formula is C41H66O13. The van der Waals surface area contributed by atoms with Gasteiger partial charge >= 0.3 is 17.9 Å². The van der Waals surface area contributed by atoms with E-state index < -0.39 is 66.6 Å². The average molecular weight is 797 g/mol. The van der Waals surface area contributed by atoms with Crippen LogP contribution in [-0.2, 0) is 47.7 Å². The largest absolute Gasteiger partial charge is 0.459 e. The highest BCUT2D eigenvalue weighted by molar-refractivity contribution is 6.12. The van der Waals surface area contributed by atoms with Gasteiger partial charge in [0.05, 0.1) is 42.5 Å². The van der Waals surface area contributed by atoms with Crippen LogP contribution in [-0.4, -0.2) is 100 Å². The molecule has 13 heteroatoms. The van der Waals surface area contributed by atoms with E-state index >= 15 is 0 Å². The van der Waals surface area contributed by atoms with E-state index in [-0.39, 0.29) is 65.0 Å². The highest BCUT2D eigenvalue weighted by Crippen LogP contribution is 2.45. The van der Waals surface area contributed by atoms with Crippen LogP contribution in [0.3, 0.4) is 0 Å². The standard InChI is InChI=1S/C41H66O13/c1-21(2)36(51-34(47)20-31(45)35-27(8)39(48)52-40(35)49)38(50-10)32(46)19-30(44)26(7)29(43)13-11-24(5)37-25(6)16-18-41(54-37)17-15-23(4)33(53-41)14-12-22(3)28(9)42/h21-26,29,31-33,36-38,43,45-46H,11-20H2,1-10H3/t22-,23+,24-,25-,26-,29-,31-,32+,33-,36+,37-,38-,41+/m0/s1/i1+1,2+1,3+1,4+1,5+1,6+1,7+1,8+1,9+1,13+1,14+1,16+1,17+1,18+1,19+1,20+1,21+1,22+1,23+1,24+1,25+1,26+1,27+1,28+1,29+1,31+1,33+1,35+1,37+1,39+1. The first-order valence-electron chi connectivity index (χ1n) is 19.8. The van der Waals surface area contributed by atoms with Crippen LogP contribution in [0.15, 0.2) is 11.1 Å². The SMILES string of the molecule is CO[C@@H]([C@H](O)[13CH2]C(=O)[13C@@H]([13CH3])[13C@@H](O)[13CH2]C[13C@H]([13CH3])[13C@@H]1O[C@]2([13CH2]C[13C@@H]([13CH3])[13C@H]([13CH2]C[13C@H]([13CH3])[13C]([13CH3])=O)O2)[13CH2][13CH2][13C@@H]1[13CH3])[C@H](OC(=O)[13CH2][13C@H](O)[13C]1=[13C]([13CH3])[13C](=O)OC1=O)[13CH]([13CH3])[13CH3].